The fraction of sp³-hybridized carbons (Fsp3) is 0.286. The fourth-order valence-electron chi connectivity index (χ4n) is 0.841. The summed E-state index contributed by atoms with van der Waals surface area (Å²) in [5.74, 6) is -1.52. The van der Waals surface area contributed by atoms with Gasteiger partial charge in [0.25, 0.3) is 6.43 Å². The van der Waals surface area contributed by atoms with Gasteiger partial charge in [-0.1, -0.05) is 11.6 Å². The lowest BCUT2D eigenvalue weighted by Gasteiger charge is -2.07. The van der Waals surface area contributed by atoms with E-state index in [9.17, 15) is 13.2 Å². The molecule has 0 saturated carbocycles. The molecule has 0 radical (unpaired) electrons. The zero-order valence-corrected chi connectivity index (χ0v) is 7.28. The molecule has 0 N–H and O–H groups in total. The molecule has 0 unspecified atom stereocenters. The number of ether oxygens (including phenoxy) is 1. The predicted molar refractivity (Wildman–Crippen MR) is 40.7 cm³/mol. The van der Waals surface area contributed by atoms with Crippen molar-refractivity contribution in [2.24, 2.45) is 0 Å². The van der Waals surface area contributed by atoms with E-state index in [0.29, 0.717) is 0 Å². The van der Waals surface area contributed by atoms with Gasteiger partial charge in [0.2, 0.25) is 0 Å². The lowest BCUT2D eigenvalue weighted by atomic mass is 10.3. The molecule has 0 saturated heterocycles. The highest BCUT2D eigenvalue weighted by molar-refractivity contribution is 6.29. The SMILES string of the molecule is COc1c(F)cc(Cl)nc1C(F)F. The summed E-state index contributed by atoms with van der Waals surface area (Å²) in [6.07, 6.45) is -2.91. The van der Waals surface area contributed by atoms with Crippen LogP contribution in [0.1, 0.15) is 12.1 Å². The molecule has 13 heavy (non-hydrogen) atoms. The number of halogens is 4. The molecule has 0 aliphatic carbocycles. The second-order valence-electron chi connectivity index (χ2n) is 2.15. The number of hydrogen-bond donors (Lipinski definition) is 0. The van der Waals surface area contributed by atoms with E-state index in [4.69, 9.17) is 11.6 Å². The Bertz CT molecular complexity index is 319. The standard InChI is InChI=1S/C7H5ClF3NO/c1-13-6-3(9)2-4(8)12-5(6)7(10)11/h2,7H,1H3. The van der Waals surface area contributed by atoms with E-state index >= 15 is 0 Å². The predicted octanol–water partition coefficient (Wildman–Crippen LogP) is 2.82. The zero-order valence-electron chi connectivity index (χ0n) is 6.52. The van der Waals surface area contributed by atoms with Gasteiger partial charge >= 0.3 is 0 Å². The van der Waals surface area contributed by atoms with E-state index in [-0.39, 0.29) is 5.15 Å². The molecule has 0 aromatic carbocycles. The molecule has 0 fully saturated rings. The van der Waals surface area contributed by atoms with E-state index in [2.05, 4.69) is 9.72 Å². The van der Waals surface area contributed by atoms with Crippen molar-refractivity contribution >= 4 is 11.6 Å². The first-order chi connectivity index (χ1) is 6.06. The second kappa shape index (κ2) is 3.83. The summed E-state index contributed by atoms with van der Waals surface area (Å²) in [4.78, 5) is 3.25. The van der Waals surface area contributed by atoms with Gasteiger partial charge in [0, 0.05) is 6.07 Å². The minimum atomic E-state index is -2.91. The lowest BCUT2D eigenvalue weighted by Crippen LogP contribution is -1.99. The number of aromatic nitrogens is 1. The Balaban J connectivity index is 3.29. The third kappa shape index (κ3) is 2.03. The molecule has 0 amide bonds. The van der Waals surface area contributed by atoms with Gasteiger partial charge in [0.05, 0.1) is 7.11 Å². The Morgan fingerprint density at radius 2 is 2.15 bits per heavy atom. The van der Waals surface area contributed by atoms with Crippen molar-refractivity contribution in [2.45, 2.75) is 6.43 Å². The fourth-order valence-corrected chi connectivity index (χ4v) is 1.03. The Morgan fingerprint density at radius 1 is 1.54 bits per heavy atom. The Morgan fingerprint density at radius 3 is 2.62 bits per heavy atom. The van der Waals surface area contributed by atoms with Crippen LogP contribution in [0.15, 0.2) is 6.07 Å². The number of hydrogen-bond acceptors (Lipinski definition) is 2. The highest BCUT2D eigenvalue weighted by Gasteiger charge is 2.20. The number of methoxy groups -OCH3 is 1. The van der Waals surface area contributed by atoms with Gasteiger partial charge in [-0.15, -0.1) is 0 Å². The summed E-state index contributed by atoms with van der Waals surface area (Å²) in [6, 6.07) is 0.812. The maximum Gasteiger partial charge on any atom is 0.284 e. The van der Waals surface area contributed by atoms with Gasteiger partial charge in [0.1, 0.15) is 5.15 Å². The van der Waals surface area contributed by atoms with Crippen LogP contribution in [0.5, 0.6) is 5.75 Å². The van der Waals surface area contributed by atoms with Crippen LogP contribution in [0.3, 0.4) is 0 Å². The van der Waals surface area contributed by atoms with Crippen molar-refractivity contribution < 1.29 is 17.9 Å². The van der Waals surface area contributed by atoms with Gasteiger partial charge in [-0.25, -0.2) is 18.2 Å². The van der Waals surface area contributed by atoms with Gasteiger partial charge in [0.15, 0.2) is 17.3 Å². The number of pyridine rings is 1. The van der Waals surface area contributed by atoms with E-state index < -0.39 is 23.7 Å². The van der Waals surface area contributed by atoms with Crippen molar-refractivity contribution in [3.63, 3.8) is 0 Å². The molecule has 1 aromatic rings. The van der Waals surface area contributed by atoms with Crippen LogP contribution in [-0.4, -0.2) is 12.1 Å². The molecule has 72 valence electrons. The molecule has 0 bridgehead atoms. The van der Waals surface area contributed by atoms with Crippen LogP contribution in [0.4, 0.5) is 13.2 Å². The third-order valence-electron chi connectivity index (χ3n) is 1.33. The summed E-state index contributed by atoms with van der Waals surface area (Å²) in [5, 5.41) is -0.325. The largest absolute Gasteiger partial charge is 0.492 e. The Kier molecular flexibility index (Phi) is 2.98. The summed E-state index contributed by atoms with van der Waals surface area (Å²) in [7, 11) is 1.08. The van der Waals surface area contributed by atoms with Crippen molar-refractivity contribution in [3.05, 3.63) is 22.7 Å². The van der Waals surface area contributed by atoms with E-state index in [1.54, 1.807) is 0 Å². The van der Waals surface area contributed by atoms with Gasteiger partial charge in [-0.2, -0.15) is 0 Å². The highest BCUT2D eigenvalue weighted by atomic mass is 35.5. The van der Waals surface area contributed by atoms with Crippen LogP contribution < -0.4 is 4.74 Å². The maximum absolute atomic E-state index is 12.9. The minimum Gasteiger partial charge on any atom is -0.492 e. The number of alkyl halides is 2. The molecule has 6 heteroatoms. The smallest absolute Gasteiger partial charge is 0.284 e. The molecule has 1 rings (SSSR count). The summed E-state index contributed by atoms with van der Waals surface area (Å²) < 4.78 is 41.7. The molecule has 1 aromatic heterocycles. The quantitative estimate of drug-likeness (QED) is 0.702. The highest BCUT2D eigenvalue weighted by Crippen LogP contribution is 2.30. The zero-order chi connectivity index (χ0) is 10.0. The number of nitrogens with zero attached hydrogens (tertiary/aromatic N) is 1. The molecule has 1 heterocycles. The maximum atomic E-state index is 12.9. The first kappa shape index (κ1) is 10.1. The molecule has 2 nitrogen and oxygen atoms in total. The molecule has 0 aliphatic heterocycles. The van der Waals surface area contributed by atoms with Crippen LogP contribution in [0.2, 0.25) is 5.15 Å². The van der Waals surface area contributed by atoms with Crippen LogP contribution in [-0.2, 0) is 0 Å². The first-order valence-electron chi connectivity index (χ1n) is 3.24. The van der Waals surface area contributed by atoms with Crippen molar-refractivity contribution in [3.8, 4) is 5.75 Å². The van der Waals surface area contributed by atoms with E-state index in [1.165, 1.54) is 0 Å². The first-order valence-corrected chi connectivity index (χ1v) is 3.62. The summed E-state index contributed by atoms with van der Waals surface area (Å²) in [5.41, 5.74) is -0.785. The topological polar surface area (TPSA) is 22.1 Å². The van der Waals surface area contributed by atoms with E-state index in [1.807, 2.05) is 0 Å². The lowest BCUT2D eigenvalue weighted by molar-refractivity contribution is 0.140. The molecular weight excluding hydrogens is 207 g/mol. The average molecular weight is 212 g/mol. The molecule has 0 aliphatic rings. The van der Waals surface area contributed by atoms with Crippen molar-refractivity contribution in [1.29, 1.82) is 0 Å². The van der Waals surface area contributed by atoms with Gasteiger partial charge in [-0.3, -0.25) is 0 Å². The normalized spacial score (nSPS) is 10.6. The van der Waals surface area contributed by atoms with E-state index in [0.717, 1.165) is 13.2 Å². The molecular formula is C7H5ClF3NO. The minimum absolute atomic E-state index is 0.325. The van der Waals surface area contributed by atoms with Crippen LogP contribution >= 0.6 is 11.6 Å². The average Bonchev–Trinajstić information content (AvgIpc) is 2.02. The van der Waals surface area contributed by atoms with Crippen molar-refractivity contribution in [2.75, 3.05) is 7.11 Å². The van der Waals surface area contributed by atoms with Crippen LogP contribution in [0, 0.1) is 5.82 Å². The van der Waals surface area contributed by atoms with Gasteiger partial charge < -0.3 is 4.74 Å². The summed E-state index contributed by atoms with van der Waals surface area (Å²) in [6.45, 7) is 0. The second-order valence-corrected chi connectivity index (χ2v) is 2.53. The van der Waals surface area contributed by atoms with Gasteiger partial charge in [-0.05, 0) is 0 Å². The third-order valence-corrected chi connectivity index (χ3v) is 1.53. The monoisotopic (exact) mass is 211 g/mol. The molecule has 0 atom stereocenters. The molecule has 0 spiro atoms. The Labute approximate surface area is 77.3 Å². The Hall–Kier alpha value is -0.970. The van der Waals surface area contributed by atoms with Crippen LogP contribution in [0.25, 0.3) is 0 Å². The van der Waals surface area contributed by atoms with Crippen molar-refractivity contribution in [1.82, 2.24) is 4.98 Å². The number of rotatable bonds is 2. The summed E-state index contributed by atoms with van der Waals surface area (Å²) >= 11 is 5.28.